The molecule has 14 nitrogen and oxygen atoms in total. The highest BCUT2D eigenvalue weighted by atomic mass is 16.6. The Hall–Kier alpha value is -1.14. The van der Waals surface area contributed by atoms with Gasteiger partial charge in [0.15, 0.2) is 5.78 Å². The molecule has 1 aliphatic rings. The molecule has 11 atom stereocenters. The molecule has 0 amide bonds. The molecule has 0 aliphatic carbocycles. The van der Waals surface area contributed by atoms with Crippen molar-refractivity contribution in [2.75, 3.05) is 46.2 Å². The van der Waals surface area contributed by atoms with Crippen LogP contribution in [0.25, 0.3) is 0 Å². The fourth-order valence-electron chi connectivity index (χ4n) is 4.16. The Balaban J connectivity index is 2.65. The quantitative estimate of drug-likeness (QED) is 0.0566. The highest BCUT2D eigenvalue weighted by Gasteiger charge is 2.43. The number of ketones is 1. The van der Waals surface area contributed by atoms with E-state index in [4.69, 9.17) is 18.9 Å². The first kappa shape index (κ1) is 35.9. The number of carbonyl (C=O) groups excluding carboxylic acids is 1. The van der Waals surface area contributed by atoms with Gasteiger partial charge in [-0.05, 0) is 27.2 Å². The second-order valence-corrected chi connectivity index (χ2v) is 9.75. The maximum atomic E-state index is 12.6. The second-order valence-electron chi connectivity index (χ2n) is 9.75. The van der Waals surface area contributed by atoms with Crippen molar-refractivity contribution in [3.8, 4) is 0 Å². The average Bonchev–Trinajstić information content (AvgIpc) is 2.93. The van der Waals surface area contributed by atoms with Crippen molar-refractivity contribution in [2.45, 2.75) is 94.7 Å². The van der Waals surface area contributed by atoms with Crippen LogP contribution in [0, 0.1) is 5.92 Å². The van der Waals surface area contributed by atoms with Crippen LogP contribution in [-0.4, -0.2) is 160 Å². The minimum atomic E-state index is -1.61. The smallest absolute Gasteiger partial charge is 0.192 e. The van der Waals surface area contributed by atoms with E-state index in [1.165, 1.54) is 0 Å². The number of hydrogen-bond acceptors (Lipinski definition) is 14. The lowest BCUT2D eigenvalue weighted by atomic mass is 9.93. The molecule has 230 valence electrons. The van der Waals surface area contributed by atoms with Gasteiger partial charge in [0.25, 0.3) is 0 Å². The van der Waals surface area contributed by atoms with Crippen LogP contribution in [0.5, 0.6) is 0 Å². The zero-order chi connectivity index (χ0) is 29.8. The van der Waals surface area contributed by atoms with Gasteiger partial charge >= 0.3 is 0 Å². The third-order valence-corrected chi connectivity index (χ3v) is 6.93. The summed E-state index contributed by atoms with van der Waals surface area (Å²) in [7, 11) is 0. The summed E-state index contributed by atoms with van der Waals surface area (Å²) >= 11 is 0. The molecule has 0 saturated carbocycles. The van der Waals surface area contributed by atoms with Gasteiger partial charge in [0.1, 0.15) is 48.3 Å². The molecule has 0 spiro atoms. The predicted octanol–water partition coefficient (Wildman–Crippen LogP) is -3.21. The van der Waals surface area contributed by atoms with E-state index in [2.05, 4.69) is 4.99 Å². The van der Waals surface area contributed by atoms with Gasteiger partial charge in [-0.2, -0.15) is 0 Å². The molecule has 1 saturated heterocycles. The van der Waals surface area contributed by atoms with E-state index >= 15 is 0 Å². The van der Waals surface area contributed by atoms with Crippen LogP contribution in [0.2, 0.25) is 0 Å². The summed E-state index contributed by atoms with van der Waals surface area (Å²) in [6, 6.07) is 0. The van der Waals surface area contributed by atoms with Crippen molar-refractivity contribution in [1.82, 2.24) is 0 Å². The van der Waals surface area contributed by atoms with Crippen molar-refractivity contribution in [1.29, 1.82) is 0 Å². The molecule has 39 heavy (non-hydrogen) atoms. The number of ether oxygens (including phenoxy) is 4. The van der Waals surface area contributed by atoms with Gasteiger partial charge in [-0.15, -0.1) is 0 Å². The maximum absolute atomic E-state index is 12.6. The lowest BCUT2D eigenvalue weighted by Gasteiger charge is -2.40. The summed E-state index contributed by atoms with van der Waals surface area (Å²) in [6.45, 7) is 5.35. The first-order chi connectivity index (χ1) is 18.4. The van der Waals surface area contributed by atoms with Crippen molar-refractivity contribution in [3.63, 3.8) is 0 Å². The Morgan fingerprint density at radius 2 is 1.72 bits per heavy atom. The fraction of sp³-hybridized carbons (Fsp3) is 0.920. The summed E-state index contributed by atoms with van der Waals surface area (Å²) in [4.78, 5) is 16.6. The van der Waals surface area contributed by atoms with E-state index in [1.54, 1.807) is 20.8 Å². The number of Topliss-reactive ketones (excluding diaryl/α,β-unsaturated/α-hetero) is 1. The van der Waals surface area contributed by atoms with E-state index < -0.39 is 79.7 Å². The normalized spacial score (nSPS) is 29.5. The minimum Gasteiger partial charge on any atom is -0.394 e. The van der Waals surface area contributed by atoms with Crippen LogP contribution >= 0.6 is 0 Å². The molecule has 0 bridgehead atoms. The Kier molecular flexibility index (Phi) is 16.2. The van der Waals surface area contributed by atoms with Crippen molar-refractivity contribution in [3.05, 3.63) is 0 Å². The number of rotatable bonds is 19. The number of aliphatic hydroxyl groups excluding tert-OH is 8. The van der Waals surface area contributed by atoms with Crippen LogP contribution in [0.3, 0.4) is 0 Å². The van der Waals surface area contributed by atoms with Gasteiger partial charge in [0, 0.05) is 18.7 Å². The Morgan fingerprint density at radius 3 is 2.28 bits per heavy atom. The molecule has 0 aromatic rings. The second kappa shape index (κ2) is 17.6. The number of hydrogen-bond donors (Lipinski definition) is 8. The van der Waals surface area contributed by atoms with Gasteiger partial charge in [-0.3, -0.25) is 9.79 Å². The largest absolute Gasteiger partial charge is 0.394 e. The summed E-state index contributed by atoms with van der Waals surface area (Å²) in [5.41, 5.74) is -1.07. The Morgan fingerprint density at radius 1 is 1.08 bits per heavy atom. The van der Waals surface area contributed by atoms with Crippen LogP contribution in [0.15, 0.2) is 4.99 Å². The first-order valence-corrected chi connectivity index (χ1v) is 13.2. The van der Waals surface area contributed by atoms with Crippen LogP contribution in [0.1, 0.15) is 34.1 Å². The summed E-state index contributed by atoms with van der Waals surface area (Å²) in [5.74, 6) is -1.38. The van der Waals surface area contributed by atoms with Crippen LogP contribution in [0.4, 0.5) is 0 Å². The van der Waals surface area contributed by atoms with Gasteiger partial charge in [-0.1, -0.05) is 6.92 Å². The summed E-state index contributed by atoms with van der Waals surface area (Å²) < 4.78 is 21.9. The number of aliphatic imine (C=N–C) groups is 1. The summed E-state index contributed by atoms with van der Waals surface area (Å²) in [5, 5.41) is 79.6. The molecule has 0 aromatic carbocycles. The van der Waals surface area contributed by atoms with Crippen molar-refractivity contribution >= 4 is 12.0 Å². The van der Waals surface area contributed by atoms with E-state index in [0.717, 1.165) is 6.21 Å². The Bertz CT molecular complexity index is 726. The fourth-order valence-corrected chi connectivity index (χ4v) is 4.16. The molecule has 1 rings (SSSR count). The lowest BCUT2D eigenvalue weighted by Crippen LogP contribution is -2.59. The standard InChI is InChI=1S/C25H47NO13/c1-5-25(4,24(35)14(3)37-6-2)38-8-7-26-9-16(29)20(31)15(17(30)10-27)12-36-13-19-22(33)23(34)21(32)18(11-28)39-19/h9,14-23,27-34H,5-8,10-13H2,1-4H3/b26-9+/t14?,15-,16?,17?,18?,19-,20?,21+,22?,23?,25?/m1/s1. The van der Waals surface area contributed by atoms with Gasteiger partial charge < -0.3 is 59.8 Å². The molecule has 1 aliphatic heterocycles. The van der Waals surface area contributed by atoms with E-state index in [0.29, 0.717) is 13.0 Å². The third-order valence-electron chi connectivity index (χ3n) is 6.93. The van der Waals surface area contributed by atoms with Crippen LogP contribution in [-0.2, 0) is 23.7 Å². The molecular weight excluding hydrogens is 522 g/mol. The molecule has 14 heteroatoms. The number of aliphatic hydroxyl groups is 8. The summed E-state index contributed by atoms with van der Waals surface area (Å²) in [6.07, 6.45) is -10.7. The van der Waals surface area contributed by atoms with Crippen molar-refractivity contribution < 1.29 is 64.6 Å². The molecule has 0 radical (unpaired) electrons. The molecule has 8 N–H and O–H groups in total. The highest BCUT2D eigenvalue weighted by Crippen LogP contribution is 2.23. The number of nitrogens with zero attached hydrogens (tertiary/aromatic N) is 1. The van der Waals surface area contributed by atoms with E-state index in [9.17, 15) is 45.6 Å². The lowest BCUT2D eigenvalue weighted by molar-refractivity contribution is -0.240. The third kappa shape index (κ3) is 10.3. The minimum absolute atomic E-state index is 0.0547. The predicted molar refractivity (Wildman–Crippen MR) is 137 cm³/mol. The highest BCUT2D eigenvalue weighted by molar-refractivity contribution is 5.90. The van der Waals surface area contributed by atoms with Gasteiger partial charge in [0.05, 0.1) is 51.8 Å². The average molecular weight is 570 g/mol. The molecular formula is C25H47NO13. The monoisotopic (exact) mass is 569 g/mol. The van der Waals surface area contributed by atoms with Gasteiger partial charge in [0.2, 0.25) is 0 Å². The Labute approximate surface area is 228 Å². The first-order valence-electron chi connectivity index (χ1n) is 13.2. The van der Waals surface area contributed by atoms with Crippen molar-refractivity contribution in [2.24, 2.45) is 10.9 Å². The molecule has 1 fully saturated rings. The molecule has 0 aromatic heterocycles. The zero-order valence-electron chi connectivity index (χ0n) is 23.1. The SMILES string of the molecule is CCOC(C)C(=O)C(C)(CC)OCC/N=C/C(O)C(O)[C@H](COC[C@H]1OC(CO)[C@H](O)C(O)C1O)C(O)CO. The zero-order valence-corrected chi connectivity index (χ0v) is 23.1. The van der Waals surface area contributed by atoms with E-state index in [-0.39, 0.29) is 32.1 Å². The van der Waals surface area contributed by atoms with E-state index in [1.807, 2.05) is 6.92 Å². The molecule has 1 heterocycles. The van der Waals surface area contributed by atoms with Crippen LogP contribution < -0.4 is 0 Å². The topological polar surface area (TPSA) is 228 Å². The molecule has 8 unspecified atom stereocenters. The van der Waals surface area contributed by atoms with Gasteiger partial charge in [-0.25, -0.2) is 0 Å². The number of carbonyl (C=O) groups is 1. The maximum Gasteiger partial charge on any atom is 0.192 e.